The lowest BCUT2D eigenvalue weighted by molar-refractivity contribution is -0.142. The first kappa shape index (κ1) is 11.4. The molecule has 88 valence electrons. The molecule has 2 fully saturated rings. The monoisotopic (exact) mass is 222 g/mol. The van der Waals surface area contributed by atoms with Gasteiger partial charge in [0.25, 0.3) is 5.91 Å². The van der Waals surface area contributed by atoms with Crippen molar-refractivity contribution < 1.29 is 9.53 Å². The zero-order valence-electron chi connectivity index (χ0n) is 9.74. The molecule has 1 atom stereocenters. The molecule has 2 saturated heterocycles. The molecule has 4 heteroatoms. The minimum absolute atomic E-state index is 0.123. The van der Waals surface area contributed by atoms with Crippen LogP contribution in [0.25, 0.3) is 0 Å². The average Bonchev–Trinajstić information content (AvgIpc) is 2.83. The van der Waals surface area contributed by atoms with Crippen molar-refractivity contribution in [1.29, 1.82) is 5.26 Å². The minimum Gasteiger partial charge on any atom is -0.368 e. The van der Waals surface area contributed by atoms with Gasteiger partial charge in [0, 0.05) is 19.7 Å². The van der Waals surface area contributed by atoms with Gasteiger partial charge in [-0.2, -0.15) is 5.26 Å². The number of nitriles is 1. The Morgan fingerprint density at radius 3 is 2.69 bits per heavy atom. The highest BCUT2D eigenvalue weighted by Gasteiger charge is 2.35. The molecule has 0 saturated carbocycles. The van der Waals surface area contributed by atoms with Gasteiger partial charge in [0.1, 0.15) is 6.10 Å². The second-order valence-corrected chi connectivity index (χ2v) is 5.00. The molecule has 0 aromatic heterocycles. The number of hydrogen-bond donors (Lipinski definition) is 0. The number of rotatable bonds is 1. The highest BCUT2D eigenvalue weighted by molar-refractivity contribution is 5.81. The fourth-order valence-electron chi connectivity index (χ4n) is 2.31. The highest BCUT2D eigenvalue weighted by atomic mass is 16.5. The molecule has 2 rings (SSSR count). The van der Waals surface area contributed by atoms with Gasteiger partial charge in [0.15, 0.2) is 0 Å². The van der Waals surface area contributed by atoms with Crippen LogP contribution in [0.4, 0.5) is 0 Å². The maximum absolute atomic E-state index is 12.0. The molecule has 16 heavy (non-hydrogen) atoms. The van der Waals surface area contributed by atoms with Gasteiger partial charge in [-0.1, -0.05) is 0 Å². The van der Waals surface area contributed by atoms with Gasteiger partial charge < -0.3 is 9.64 Å². The third kappa shape index (κ3) is 2.19. The summed E-state index contributed by atoms with van der Waals surface area (Å²) < 4.78 is 5.39. The second-order valence-electron chi connectivity index (χ2n) is 5.00. The van der Waals surface area contributed by atoms with Crippen molar-refractivity contribution in [2.24, 2.45) is 5.41 Å². The Kier molecular flexibility index (Phi) is 3.15. The van der Waals surface area contributed by atoms with Gasteiger partial charge >= 0.3 is 0 Å². The minimum atomic E-state index is -0.243. The molecule has 0 radical (unpaired) electrons. The summed E-state index contributed by atoms with van der Waals surface area (Å²) in [6, 6.07) is 2.34. The molecule has 2 heterocycles. The van der Waals surface area contributed by atoms with Gasteiger partial charge in [-0.15, -0.1) is 0 Å². The topological polar surface area (TPSA) is 53.3 Å². The summed E-state index contributed by atoms with van der Waals surface area (Å²) in [5.41, 5.74) is -0.243. The van der Waals surface area contributed by atoms with Crippen LogP contribution in [-0.2, 0) is 9.53 Å². The Bertz CT molecular complexity index is 307. The summed E-state index contributed by atoms with van der Waals surface area (Å²) in [7, 11) is 0. The molecule has 1 unspecified atom stereocenters. The normalized spacial score (nSPS) is 28.8. The van der Waals surface area contributed by atoms with E-state index in [9.17, 15) is 4.79 Å². The largest absolute Gasteiger partial charge is 0.368 e. The van der Waals surface area contributed by atoms with E-state index in [-0.39, 0.29) is 17.4 Å². The van der Waals surface area contributed by atoms with Crippen LogP contribution in [0.15, 0.2) is 0 Å². The molecule has 2 aliphatic heterocycles. The van der Waals surface area contributed by atoms with Crippen LogP contribution < -0.4 is 0 Å². The van der Waals surface area contributed by atoms with Crippen molar-refractivity contribution in [2.45, 2.75) is 38.7 Å². The Morgan fingerprint density at radius 2 is 2.19 bits per heavy atom. The Hall–Kier alpha value is -1.08. The number of carbonyl (C=O) groups is 1. The molecule has 0 spiro atoms. The number of ether oxygens (including phenoxy) is 1. The fourth-order valence-corrected chi connectivity index (χ4v) is 2.31. The van der Waals surface area contributed by atoms with Crippen LogP contribution in [0, 0.1) is 16.7 Å². The van der Waals surface area contributed by atoms with E-state index in [1.54, 1.807) is 0 Å². The number of carbonyl (C=O) groups excluding carboxylic acids is 1. The van der Waals surface area contributed by atoms with Crippen LogP contribution in [-0.4, -0.2) is 36.6 Å². The summed E-state index contributed by atoms with van der Waals surface area (Å²) in [6.07, 6.45) is 3.18. The van der Waals surface area contributed by atoms with E-state index in [4.69, 9.17) is 10.00 Å². The molecule has 0 N–H and O–H groups in total. The second kappa shape index (κ2) is 4.42. The first-order chi connectivity index (χ1) is 7.64. The fraction of sp³-hybridized carbons (Fsp3) is 0.833. The van der Waals surface area contributed by atoms with Crippen LogP contribution in [0.1, 0.15) is 32.6 Å². The molecule has 0 aromatic carbocycles. The van der Waals surface area contributed by atoms with Crippen molar-refractivity contribution >= 4 is 5.91 Å². The van der Waals surface area contributed by atoms with E-state index in [2.05, 4.69) is 6.07 Å². The number of amides is 1. The van der Waals surface area contributed by atoms with Gasteiger partial charge in [-0.05, 0) is 32.6 Å². The molecule has 0 aliphatic carbocycles. The quantitative estimate of drug-likeness (QED) is 0.672. The molecule has 1 amide bonds. The number of piperidine rings is 1. The van der Waals surface area contributed by atoms with E-state index in [1.165, 1.54) is 0 Å². The van der Waals surface area contributed by atoms with Crippen molar-refractivity contribution in [3.8, 4) is 6.07 Å². The first-order valence-corrected chi connectivity index (χ1v) is 5.96. The number of nitrogens with zero attached hydrogens (tertiary/aromatic N) is 2. The highest BCUT2D eigenvalue weighted by Crippen LogP contribution is 2.30. The summed E-state index contributed by atoms with van der Waals surface area (Å²) in [4.78, 5) is 13.9. The zero-order chi connectivity index (χ0) is 11.6. The van der Waals surface area contributed by atoms with Gasteiger partial charge in [-0.25, -0.2) is 0 Å². The lowest BCUT2D eigenvalue weighted by Crippen LogP contribution is -2.45. The van der Waals surface area contributed by atoms with E-state index in [0.29, 0.717) is 19.7 Å². The third-order valence-corrected chi connectivity index (χ3v) is 3.65. The Balaban J connectivity index is 1.89. The summed E-state index contributed by atoms with van der Waals surface area (Å²) in [5, 5.41) is 9.01. The Morgan fingerprint density at radius 1 is 1.50 bits per heavy atom. The van der Waals surface area contributed by atoms with Crippen LogP contribution in [0.5, 0.6) is 0 Å². The van der Waals surface area contributed by atoms with E-state index in [0.717, 1.165) is 25.7 Å². The molecular weight excluding hydrogens is 204 g/mol. The summed E-state index contributed by atoms with van der Waals surface area (Å²) in [5.74, 6) is 0.123. The Labute approximate surface area is 96.2 Å². The lowest BCUT2D eigenvalue weighted by Gasteiger charge is -2.35. The SMILES string of the molecule is CC1(C#N)CCN(C(=O)C2CCCO2)CC1. The third-order valence-electron chi connectivity index (χ3n) is 3.65. The molecule has 0 bridgehead atoms. The number of hydrogen-bond acceptors (Lipinski definition) is 3. The van der Waals surface area contributed by atoms with E-state index < -0.39 is 0 Å². The standard InChI is InChI=1S/C12H18N2O2/c1-12(9-13)4-6-14(7-5-12)11(15)10-3-2-8-16-10/h10H,2-8H2,1H3. The van der Waals surface area contributed by atoms with Gasteiger partial charge in [0.05, 0.1) is 11.5 Å². The first-order valence-electron chi connectivity index (χ1n) is 5.96. The lowest BCUT2D eigenvalue weighted by atomic mass is 9.82. The van der Waals surface area contributed by atoms with Crippen molar-refractivity contribution in [3.63, 3.8) is 0 Å². The molecule has 2 aliphatic rings. The smallest absolute Gasteiger partial charge is 0.251 e. The van der Waals surface area contributed by atoms with E-state index in [1.807, 2.05) is 11.8 Å². The van der Waals surface area contributed by atoms with Crippen molar-refractivity contribution in [3.05, 3.63) is 0 Å². The van der Waals surface area contributed by atoms with Gasteiger partial charge in [0.2, 0.25) is 0 Å². The average molecular weight is 222 g/mol. The molecular formula is C12H18N2O2. The van der Waals surface area contributed by atoms with E-state index >= 15 is 0 Å². The number of likely N-dealkylation sites (tertiary alicyclic amines) is 1. The molecule has 0 aromatic rings. The van der Waals surface area contributed by atoms with Crippen LogP contribution in [0.2, 0.25) is 0 Å². The predicted molar refractivity (Wildman–Crippen MR) is 58.5 cm³/mol. The van der Waals surface area contributed by atoms with Crippen molar-refractivity contribution in [2.75, 3.05) is 19.7 Å². The van der Waals surface area contributed by atoms with Crippen LogP contribution >= 0.6 is 0 Å². The zero-order valence-corrected chi connectivity index (χ0v) is 9.74. The summed E-state index contributed by atoms with van der Waals surface area (Å²) in [6.45, 7) is 4.08. The van der Waals surface area contributed by atoms with Crippen molar-refractivity contribution in [1.82, 2.24) is 4.90 Å². The maximum Gasteiger partial charge on any atom is 0.251 e. The van der Waals surface area contributed by atoms with Gasteiger partial charge in [-0.3, -0.25) is 4.79 Å². The van der Waals surface area contributed by atoms with Crippen LogP contribution in [0.3, 0.4) is 0 Å². The maximum atomic E-state index is 12.0. The molecule has 4 nitrogen and oxygen atoms in total. The predicted octanol–water partition coefficient (Wildman–Crippen LogP) is 1.32. The summed E-state index contributed by atoms with van der Waals surface area (Å²) >= 11 is 0.